The number of aliphatic hydroxyl groups is 1. The van der Waals surface area contributed by atoms with Gasteiger partial charge in [-0.3, -0.25) is 9.78 Å². The maximum Gasteiger partial charge on any atom is 0.308 e. The fourth-order valence-electron chi connectivity index (χ4n) is 1.27. The van der Waals surface area contributed by atoms with Crippen LogP contribution in [0.3, 0.4) is 0 Å². The first-order chi connectivity index (χ1) is 7.17. The van der Waals surface area contributed by atoms with E-state index in [0.717, 1.165) is 11.3 Å². The molecule has 0 aliphatic carbocycles. The second-order valence-corrected chi connectivity index (χ2v) is 3.44. The van der Waals surface area contributed by atoms with Crippen LogP contribution in [0, 0.1) is 5.92 Å². The van der Waals surface area contributed by atoms with Crippen LogP contribution in [0.4, 0.5) is 0 Å². The third-order valence-corrected chi connectivity index (χ3v) is 2.19. The van der Waals surface area contributed by atoms with Gasteiger partial charge in [0.2, 0.25) is 0 Å². The smallest absolute Gasteiger partial charge is 0.308 e. The molecule has 4 heteroatoms. The molecule has 0 aromatic carbocycles. The first kappa shape index (κ1) is 11.7. The Bertz CT molecular complexity index is 321. The van der Waals surface area contributed by atoms with Crippen LogP contribution in [0.1, 0.15) is 18.2 Å². The monoisotopic (exact) mass is 209 g/mol. The molecule has 0 fully saturated rings. The summed E-state index contributed by atoms with van der Waals surface area (Å²) >= 11 is 0. The van der Waals surface area contributed by atoms with Crippen LogP contribution in [0.5, 0.6) is 0 Å². The molecule has 82 valence electrons. The number of pyridine rings is 1. The van der Waals surface area contributed by atoms with E-state index < -0.39 is 0 Å². The number of methoxy groups -OCH3 is 1. The quantitative estimate of drug-likeness (QED) is 0.749. The van der Waals surface area contributed by atoms with E-state index in [0.29, 0.717) is 6.42 Å². The van der Waals surface area contributed by atoms with E-state index in [1.54, 1.807) is 19.2 Å². The SMILES string of the molecule is COC(=O)[C@@H](C)Cc1ccc(CO)cn1. The molecular weight excluding hydrogens is 194 g/mol. The van der Waals surface area contributed by atoms with Crippen molar-refractivity contribution in [2.75, 3.05) is 7.11 Å². The van der Waals surface area contributed by atoms with Crippen molar-refractivity contribution in [2.45, 2.75) is 20.0 Å². The number of carbonyl (C=O) groups is 1. The van der Waals surface area contributed by atoms with Gasteiger partial charge in [-0.05, 0) is 11.6 Å². The van der Waals surface area contributed by atoms with E-state index >= 15 is 0 Å². The number of carbonyl (C=O) groups excluding carboxylic acids is 1. The third-order valence-electron chi connectivity index (χ3n) is 2.19. The third kappa shape index (κ3) is 3.32. The molecule has 1 atom stereocenters. The highest BCUT2D eigenvalue weighted by Crippen LogP contribution is 2.08. The Morgan fingerprint density at radius 2 is 2.33 bits per heavy atom. The predicted octanol–water partition coefficient (Wildman–Crippen LogP) is 0.925. The summed E-state index contributed by atoms with van der Waals surface area (Å²) in [5, 5.41) is 8.82. The van der Waals surface area contributed by atoms with Crippen molar-refractivity contribution in [3.8, 4) is 0 Å². The summed E-state index contributed by atoms with van der Waals surface area (Å²) in [6.07, 6.45) is 2.16. The largest absolute Gasteiger partial charge is 0.469 e. The molecule has 0 aliphatic rings. The Labute approximate surface area is 88.9 Å². The number of nitrogens with zero attached hydrogens (tertiary/aromatic N) is 1. The molecule has 1 aromatic heterocycles. The zero-order valence-corrected chi connectivity index (χ0v) is 8.93. The molecule has 0 bridgehead atoms. The van der Waals surface area contributed by atoms with Crippen molar-refractivity contribution < 1.29 is 14.6 Å². The van der Waals surface area contributed by atoms with Crippen LogP contribution in [0.15, 0.2) is 18.3 Å². The number of ether oxygens (including phenoxy) is 1. The molecule has 0 spiro atoms. The molecule has 1 rings (SSSR count). The van der Waals surface area contributed by atoms with Crippen molar-refractivity contribution in [1.82, 2.24) is 4.98 Å². The summed E-state index contributed by atoms with van der Waals surface area (Å²) < 4.78 is 4.62. The molecular formula is C11H15NO3. The summed E-state index contributed by atoms with van der Waals surface area (Å²) in [4.78, 5) is 15.3. The minimum absolute atomic E-state index is 0.0141. The van der Waals surface area contributed by atoms with Gasteiger partial charge >= 0.3 is 5.97 Å². The zero-order chi connectivity index (χ0) is 11.3. The topological polar surface area (TPSA) is 59.4 Å². The lowest BCUT2D eigenvalue weighted by Crippen LogP contribution is -2.15. The van der Waals surface area contributed by atoms with Crippen LogP contribution >= 0.6 is 0 Å². The molecule has 1 heterocycles. The van der Waals surface area contributed by atoms with Crippen LogP contribution < -0.4 is 0 Å². The van der Waals surface area contributed by atoms with Crippen LogP contribution in [0.2, 0.25) is 0 Å². The molecule has 0 amide bonds. The van der Waals surface area contributed by atoms with Gasteiger partial charge in [0, 0.05) is 18.3 Å². The summed E-state index contributed by atoms with van der Waals surface area (Å²) in [6.45, 7) is 1.79. The number of esters is 1. The number of aliphatic hydroxyl groups excluding tert-OH is 1. The number of hydrogen-bond donors (Lipinski definition) is 1. The average molecular weight is 209 g/mol. The van der Waals surface area contributed by atoms with E-state index in [1.165, 1.54) is 7.11 Å². The van der Waals surface area contributed by atoms with Gasteiger partial charge in [0.1, 0.15) is 0 Å². The summed E-state index contributed by atoms with van der Waals surface area (Å²) in [7, 11) is 1.38. The van der Waals surface area contributed by atoms with Gasteiger partial charge in [-0.1, -0.05) is 13.0 Å². The lowest BCUT2D eigenvalue weighted by Gasteiger charge is -2.08. The summed E-state index contributed by atoms with van der Waals surface area (Å²) in [5.41, 5.74) is 1.59. The summed E-state index contributed by atoms with van der Waals surface area (Å²) in [5.74, 6) is -0.425. The molecule has 4 nitrogen and oxygen atoms in total. The van der Waals surface area contributed by atoms with Crippen LogP contribution in [0.25, 0.3) is 0 Å². The molecule has 0 unspecified atom stereocenters. The second-order valence-electron chi connectivity index (χ2n) is 3.44. The van der Waals surface area contributed by atoms with Gasteiger partial charge in [0.15, 0.2) is 0 Å². The van der Waals surface area contributed by atoms with Crippen molar-refractivity contribution in [2.24, 2.45) is 5.92 Å². The van der Waals surface area contributed by atoms with Crippen LogP contribution in [-0.2, 0) is 22.6 Å². The summed E-state index contributed by atoms with van der Waals surface area (Å²) in [6, 6.07) is 3.61. The molecule has 1 aromatic rings. The first-order valence-electron chi connectivity index (χ1n) is 4.80. The Kier molecular flexibility index (Phi) is 4.24. The Morgan fingerprint density at radius 1 is 1.60 bits per heavy atom. The maximum absolute atomic E-state index is 11.1. The molecule has 0 aliphatic heterocycles. The highest BCUT2D eigenvalue weighted by molar-refractivity contribution is 5.72. The molecule has 1 N–H and O–H groups in total. The minimum Gasteiger partial charge on any atom is -0.469 e. The van der Waals surface area contributed by atoms with Gasteiger partial charge in [-0.15, -0.1) is 0 Å². The van der Waals surface area contributed by atoms with Gasteiger partial charge in [-0.25, -0.2) is 0 Å². The van der Waals surface area contributed by atoms with Crippen molar-refractivity contribution in [3.05, 3.63) is 29.6 Å². The number of rotatable bonds is 4. The highest BCUT2D eigenvalue weighted by atomic mass is 16.5. The van der Waals surface area contributed by atoms with E-state index in [-0.39, 0.29) is 18.5 Å². The highest BCUT2D eigenvalue weighted by Gasteiger charge is 2.13. The van der Waals surface area contributed by atoms with Crippen LogP contribution in [-0.4, -0.2) is 23.2 Å². The normalized spacial score (nSPS) is 12.2. The van der Waals surface area contributed by atoms with Crippen molar-refractivity contribution in [1.29, 1.82) is 0 Å². The van der Waals surface area contributed by atoms with Crippen molar-refractivity contribution >= 4 is 5.97 Å². The fraction of sp³-hybridized carbons (Fsp3) is 0.455. The van der Waals surface area contributed by atoms with E-state index in [4.69, 9.17) is 5.11 Å². The molecule has 0 saturated heterocycles. The molecule has 0 saturated carbocycles. The van der Waals surface area contributed by atoms with E-state index in [2.05, 4.69) is 9.72 Å². The standard InChI is InChI=1S/C11H15NO3/c1-8(11(14)15-2)5-10-4-3-9(7-13)6-12-10/h3-4,6,8,13H,5,7H2,1-2H3/t8-/m0/s1. The van der Waals surface area contributed by atoms with Gasteiger partial charge in [-0.2, -0.15) is 0 Å². The van der Waals surface area contributed by atoms with E-state index in [1.807, 2.05) is 6.07 Å². The first-order valence-corrected chi connectivity index (χ1v) is 4.80. The maximum atomic E-state index is 11.1. The number of hydrogen-bond acceptors (Lipinski definition) is 4. The molecule has 0 radical (unpaired) electrons. The Balaban J connectivity index is 2.60. The lowest BCUT2D eigenvalue weighted by molar-refractivity contribution is -0.144. The van der Waals surface area contributed by atoms with Gasteiger partial charge in [0.05, 0.1) is 19.6 Å². The zero-order valence-electron chi connectivity index (χ0n) is 8.93. The predicted molar refractivity (Wildman–Crippen MR) is 55.0 cm³/mol. The van der Waals surface area contributed by atoms with Gasteiger partial charge in [0.25, 0.3) is 0 Å². The minimum atomic E-state index is -0.233. The molecule has 15 heavy (non-hydrogen) atoms. The average Bonchev–Trinajstić information content (AvgIpc) is 2.29. The van der Waals surface area contributed by atoms with Gasteiger partial charge < -0.3 is 9.84 Å². The van der Waals surface area contributed by atoms with Crippen molar-refractivity contribution in [3.63, 3.8) is 0 Å². The fourth-order valence-corrected chi connectivity index (χ4v) is 1.27. The Morgan fingerprint density at radius 3 is 2.80 bits per heavy atom. The Hall–Kier alpha value is -1.42. The van der Waals surface area contributed by atoms with E-state index in [9.17, 15) is 4.79 Å². The second kappa shape index (κ2) is 5.46. The number of aromatic nitrogens is 1. The lowest BCUT2D eigenvalue weighted by atomic mass is 10.1.